The van der Waals surface area contributed by atoms with Gasteiger partial charge in [-0.25, -0.2) is 9.97 Å². The number of hydrogen-bond acceptors (Lipinski definition) is 5. The second kappa shape index (κ2) is 7.87. The highest BCUT2D eigenvalue weighted by molar-refractivity contribution is 5.58. The van der Waals surface area contributed by atoms with Gasteiger partial charge in [-0.3, -0.25) is 0 Å². The van der Waals surface area contributed by atoms with Gasteiger partial charge in [0.05, 0.1) is 0 Å². The highest BCUT2D eigenvalue weighted by Crippen LogP contribution is 2.27. The number of unbranched alkanes of at least 4 members (excludes halogenated alkanes) is 1. The van der Waals surface area contributed by atoms with E-state index in [1.54, 1.807) is 13.4 Å². The second-order valence-electron chi connectivity index (χ2n) is 4.52. The summed E-state index contributed by atoms with van der Waals surface area (Å²) in [6.07, 6.45) is 3.73. The number of aromatic nitrogens is 2. The SMILES string of the molecule is CNc1ncnc(NCCCCOC)c1C(C)C. The van der Waals surface area contributed by atoms with Crippen molar-refractivity contribution in [2.24, 2.45) is 0 Å². The van der Waals surface area contributed by atoms with Crippen LogP contribution in [0.15, 0.2) is 6.33 Å². The molecule has 1 aromatic heterocycles. The summed E-state index contributed by atoms with van der Waals surface area (Å²) in [5.74, 6) is 2.22. The summed E-state index contributed by atoms with van der Waals surface area (Å²) in [5.41, 5.74) is 1.15. The van der Waals surface area contributed by atoms with Crippen LogP contribution in [-0.4, -0.2) is 37.3 Å². The number of rotatable bonds is 8. The molecule has 0 amide bonds. The lowest BCUT2D eigenvalue weighted by molar-refractivity contribution is 0.194. The summed E-state index contributed by atoms with van der Waals surface area (Å²) in [6, 6.07) is 0. The standard InChI is InChI=1S/C13H24N4O/c1-10(2)11-12(14-3)16-9-17-13(11)15-7-5-6-8-18-4/h9-10H,5-8H2,1-4H3,(H2,14,15,16,17). The highest BCUT2D eigenvalue weighted by Gasteiger charge is 2.13. The summed E-state index contributed by atoms with van der Waals surface area (Å²) in [4.78, 5) is 8.59. The van der Waals surface area contributed by atoms with E-state index >= 15 is 0 Å². The largest absolute Gasteiger partial charge is 0.385 e. The molecule has 5 nitrogen and oxygen atoms in total. The molecule has 0 saturated heterocycles. The number of methoxy groups -OCH3 is 1. The predicted octanol–water partition coefficient (Wildman–Crippen LogP) is 2.48. The van der Waals surface area contributed by atoms with Crippen molar-refractivity contribution in [2.75, 3.05) is 37.9 Å². The summed E-state index contributed by atoms with van der Waals surface area (Å²) in [6.45, 7) is 6.01. The van der Waals surface area contributed by atoms with Crippen molar-refractivity contribution in [3.8, 4) is 0 Å². The van der Waals surface area contributed by atoms with Gasteiger partial charge in [0.15, 0.2) is 0 Å². The summed E-state index contributed by atoms with van der Waals surface area (Å²) in [5, 5.41) is 6.50. The monoisotopic (exact) mass is 252 g/mol. The topological polar surface area (TPSA) is 59.1 Å². The molecule has 0 aliphatic heterocycles. The quantitative estimate of drug-likeness (QED) is 0.696. The van der Waals surface area contributed by atoms with Gasteiger partial charge in [0.25, 0.3) is 0 Å². The molecule has 0 aliphatic carbocycles. The molecule has 0 unspecified atom stereocenters. The lowest BCUT2D eigenvalue weighted by Gasteiger charge is -2.16. The zero-order chi connectivity index (χ0) is 13.4. The van der Waals surface area contributed by atoms with E-state index in [9.17, 15) is 0 Å². The molecule has 2 N–H and O–H groups in total. The third-order valence-corrected chi connectivity index (χ3v) is 2.77. The molecule has 1 aromatic rings. The fraction of sp³-hybridized carbons (Fsp3) is 0.692. The van der Waals surface area contributed by atoms with Crippen molar-refractivity contribution >= 4 is 11.6 Å². The molecule has 0 saturated carbocycles. The molecule has 0 aromatic carbocycles. The van der Waals surface area contributed by atoms with Crippen LogP contribution < -0.4 is 10.6 Å². The summed E-state index contributed by atoms with van der Waals surface area (Å²) in [7, 11) is 3.62. The van der Waals surface area contributed by atoms with E-state index in [2.05, 4.69) is 34.4 Å². The van der Waals surface area contributed by atoms with E-state index in [0.29, 0.717) is 5.92 Å². The van der Waals surface area contributed by atoms with Gasteiger partial charge in [0.2, 0.25) is 0 Å². The average molecular weight is 252 g/mol. The normalized spacial score (nSPS) is 10.7. The molecule has 0 radical (unpaired) electrons. The van der Waals surface area contributed by atoms with Crippen LogP contribution in [0.2, 0.25) is 0 Å². The van der Waals surface area contributed by atoms with Gasteiger partial charge in [0, 0.05) is 32.9 Å². The maximum atomic E-state index is 5.03. The van der Waals surface area contributed by atoms with Crippen LogP contribution in [0.1, 0.15) is 38.2 Å². The maximum absolute atomic E-state index is 5.03. The predicted molar refractivity (Wildman–Crippen MR) is 75.3 cm³/mol. The Labute approximate surface area is 109 Å². The first-order valence-electron chi connectivity index (χ1n) is 6.46. The first-order valence-corrected chi connectivity index (χ1v) is 6.46. The lowest BCUT2D eigenvalue weighted by atomic mass is 10.0. The zero-order valence-electron chi connectivity index (χ0n) is 11.8. The molecule has 0 aliphatic rings. The van der Waals surface area contributed by atoms with Crippen molar-refractivity contribution in [1.29, 1.82) is 0 Å². The third kappa shape index (κ3) is 4.14. The Morgan fingerprint density at radius 3 is 2.56 bits per heavy atom. The van der Waals surface area contributed by atoms with Gasteiger partial charge in [0.1, 0.15) is 18.0 Å². The van der Waals surface area contributed by atoms with Crippen molar-refractivity contribution in [1.82, 2.24) is 9.97 Å². The fourth-order valence-corrected chi connectivity index (χ4v) is 1.86. The second-order valence-corrected chi connectivity index (χ2v) is 4.52. The van der Waals surface area contributed by atoms with Crippen molar-refractivity contribution in [2.45, 2.75) is 32.6 Å². The first-order chi connectivity index (χ1) is 8.70. The Morgan fingerprint density at radius 1 is 1.22 bits per heavy atom. The van der Waals surface area contributed by atoms with Crippen molar-refractivity contribution in [3.63, 3.8) is 0 Å². The van der Waals surface area contributed by atoms with Crippen LogP contribution in [0, 0.1) is 0 Å². The molecule has 102 valence electrons. The number of ether oxygens (including phenoxy) is 1. The molecule has 0 spiro atoms. The fourth-order valence-electron chi connectivity index (χ4n) is 1.86. The average Bonchev–Trinajstić information content (AvgIpc) is 2.37. The van der Waals surface area contributed by atoms with E-state index in [1.165, 1.54) is 0 Å². The summed E-state index contributed by atoms with van der Waals surface area (Å²) >= 11 is 0. The minimum atomic E-state index is 0.384. The Kier molecular flexibility index (Phi) is 6.43. The van der Waals surface area contributed by atoms with Crippen LogP contribution >= 0.6 is 0 Å². The first kappa shape index (κ1) is 14.7. The third-order valence-electron chi connectivity index (χ3n) is 2.77. The number of anilines is 2. The molecule has 18 heavy (non-hydrogen) atoms. The molecule has 1 rings (SSSR count). The number of hydrogen-bond donors (Lipinski definition) is 2. The Bertz CT molecular complexity index is 355. The van der Waals surface area contributed by atoms with E-state index in [-0.39, 0.29) is 0 Å². The smallest absolute Gasteiger partial charge is 0.134 e. The van der Waals surface area contributed by atoms with Crippen molar-refractivity contribution in [3.05, 3.63) is 11.9 Å². The van der Waals surface area contributed by atoms with Crippen LogP contribution in [0.4, 0.5) is 11.6 Å². The lowest BCUT2D eigenvalue weighted by Crippen LogP contribution is -2.11. The molecule has 0 fully saturated rings. The molecule has 1 heterocycles. The molecule has 5 heteroatoms. The van der Waals surface area contributed by atoms with Gasteiger partial charge in [-0.2, -0.15) is 0 Å². The molecular formula is C13H24N4O. The van der Waals surface area contributed by atoms with E-state index in [4.69, 9.17) is 4.74 Å². The van der Waals surface area contributed by atoms with E-state index < -0.39 is 0 Å². The highest BCUT2D eigenvalue weighted by atomic mass is 16.5. The van der Waals surface area contributed by atoms with Gasteiger partial charge >= 0.3 is 0 Å². The Hall–Kier alpha value is -1.36. The molecule has 0 bridgehead atoms. The summed E-state index contributed by atoms with van der Waals surface area (Å²) < 4.78 is 5.03. The number of nitrogens with one attached hydrogen (secondary N) is 2. The molecule has 0 atom stereocenters. The van der Waals surface area contributed by atoms with Gasteiger partial charge < -0.3 is 15.4 Å². The van der Waals surface area contributed by atoms with Gasteiger partial charge in [-0.05, 0) is 18.8 Å². The van der Waals surface area contributed by atoms with E-state index in [1.807, 2.05) is 7.05 Å². The minimum absolute atomic E-state index is 0.384. The van der Waals surface area contributed by atoms with Gasteiger partial charge in [-0.15, -0.1) is 0 Å². The maximum Gasteiger partial charge on any atom is 0.134 e. The van der Waals surface area contributed by atoms with E-state index in [0.717, 1.165) is 43.2 Å². The number of nitrogens with zero attached hydrogens (tertiary/aromatic N) is 2. The van der Waals surface area contributed by atoms with Crippen LogP contribution in [0.25, 0.3) is 0 Å². The van der Waals surface area contributed by atoms with Crippen LogP contribution in [0.5, 0.6) is 0 Å². The Morgan fingerprint density at radius 2 is 1.94 bits per heavy atom. The minimum Gasteiger partial charge on any atom is -0.385 e. The van der Waals surface area contributed by atoms with Gasteiger partial charge in [-0.1, -0.05) is 13.8 Å². The molecular weight excluding hydrogens is 228 g/mol. The van der Waals surface area contributed by atoms with Crippen LogP contribution in [0.3, 0.4) is 0 Å². The van der Waals surface area contributed by atoms with Crippen LogP contribution in [-0.2, 0) is 4.74 Å². The zero-order valence-corrected chi connectivity index (χ0v) is 11.8. The van der Waals surface area contributed by atoms with Crippen molar-refractivity contribution < 1.29 is 4.74 Å². The Balaban J connectivity index is 2.64.